The maximum absolute atomic E-state index is 10.6. The number of hydrogen-bond donors (Lipinski definition) is 3. The molecule has 3 N–H and O–H groups in total. The molecule has 0 fully saturated rings. The van der Waals surface area contributed by atoms with E-state index in [9.17, 15) is 5.11 Å². The number of aliphatic imine (C=N–C) groups is 1. The molecule has 0 saturated heterocycles. The second kappa shape index (κ2) is 8.08. The quantitative estimate of drug-likeness (QED) is 0.561. The lowest BCUT2D eigenvalue weighted by atomic mass is 9.99. The van der Waals surface area contributed by atoms with Gasteiger partial charge in [0.15, 0.2) is 5.96 Å². The number of pyridine rings is 1. The molecular weight excluding hydrogens is 308 g/mol. The summed E-state index contributed by atoms with van der Waals surface area (Å²) in [7, 11) is 0. The van der Waals surface area contributed by atoms with E-state index in [1.807, 2.05) is 48.9 Å². The second-order valence-corrected chi connectivity index (χ2v) is 6.38. The van der Waals surface area contributed by atoms with Crippen molar-refractivity contribution in [3.8, 4) is 0 Å². The highest BCUT2D eigenvalue weighted by Gasteiger charge is 2.23. The van der Waals surface area contributed by atoms with E-state index in [1.54, 1.807) is 18.3 Å². The summed E-state index contributed by atoms with van der Waals surface area (Å²) in [6.07, 6.45) is 0. The summed E-state index contributed by atoms with van der Waals surface area (Å²) in [5.41, 5.74) is 1.88. The molecule has 23 heavy (non-hydrogen) atoms. The van der Waals surface area contributed by atoms with Gasteiger partial charge in [0, 0.05) is 12.2 Å². The van der Waals surface area contributed by atoms with Crippen molar-refractivity contribution in [2.45, 2.75) is 32.9 Å². The number of nitrogens with one attached hydrogen (secondary N) is 2. The molecule has 2 aromatic rings. The van der Waals surface area contributed by atoms with E-state index >= 15 is 0 Å². The van der Waals surface area contributed by atoms with Crippen molar-refractivity contribution in [1.29, 1.82) is 0 Å². The average molecular weight is 332 g/mol. The molecule has 5 nitrogen and oxygen atoms in total. The highest BCUT2D eigenvalue weighted by atomic mass is 32.1. The van der Waals surface area contributed by atoms with Crippen LogP contribution in [0.25, 0.3) is 0 Å². The molecule has 0 aliphatic heterocycles. The summed E-state index contributed by atoms with van der Waals surface area (Å²) in [5.74, 6) is 0.673. The second-order valence-electron chi connectivity index (χ2n) is 5.60. The van der Waals surface area contributed by atoms with Crippen LogP contribution in [0.1, 0.15) is 30.8 Å². The molecule has 124 valence electrons. The molecular formula is C17H24N4OS. The van der Waals surface area contributed by atoms with Gasteiger partial charge in [-0.15, -0.1) is 0 Å². The van der Waals surface area contributed by atoms with Crippen molar-refractivity contribution in [3.63, 3.8) is 0 Å². The number of aliphatic hydroxyl groups is 1. The van der Waals surface area contributed by atoms with Crippen LogP contribution in [0.3, 0.4) is 0 Å². The number of hydrogen-bond acceptors (Lipinski definition) is 4. The third kappa shape index (κ3) is 5.33. The molecule has 0 radical (unpaired) electrons. The standard InChI is InChI=1S/C17H24N4OS/c1-4-18-16(19-10-15-7-5-6-13(2)21-15)20-12-17(3,22)14-8-9-23-11-14/h5-9,11,22H,4,10,12H2,1-3H3,(H2,18,19,20). The van der Waals surface area contributed by atoms with Crippen molar-refractivity contribution >= 4 is 17.3 Å². The van der Waals surface area contributed by atoms with Gasteiger partial charge < -0.3 is 15.7 Å². The van der Waals surface area contributed by atoms with Crippen LogP contribution < -0.4 is 10.6 Å². The Morgan fingerprint density at radius 3 is 2.83 bits per heavy atom. The molecule has 0 saturated carbocycles. The van der Waals surface area contributed by atoms with E-state index in [1.165, 1.54) is 0 Å². The zero-order chi connectivity index (χ0) is 16.7. The third-order valence-corrected chi connectivity index (χ3v) is 4.12. The van der Waals surface area contributed by atoms with Gasteiger partial charge in [0.05, 0.1) is 18.8 Å². The lowest BCUT2D eigenvalue weighted by molar-refractivity contribution is 0.0621. The van der Waals surface area contributed by atoms with Crippen molar-refractivity contribution in [3.05, 3.63) is 52.0 Å². The molecule has 0 amide bonds. The zero-order valence-electron chi connectivity index (χ0n) is 13.8. The summed E-state index contributed by atoms with van der Waals surface area (Å²) < 4.78 is 0. The van der Waals surface area contributed by atoms with Gasteiger partial charge in [-0.25, -0.2) is 4.99 Å². The van der Waals surface area contributed by atoms with Crippen LogP contribution >= 0.6 is 11.3 Å². The van der Waals surface area contributed by atoms with Gasteiger partial charge in [-0.3, -0.25) is 4.98 Å². The lowest BCUT2D eigenvalue weighted by Crippen LogP contribution is -2.44. The average Bonchev–Trinajstić information content (AvgIpc) is 3.05. The molecule has 6 heteroatoms. The smallest absolute Gasteiger partial charge is 0.191 e. The molecule has 0 aliphatic rings. The van der Waals surface area contributed by atoms with E-state index in [2.05, 4.69) is 20.6 Å². The molecule has 2 heterocycles. The predicted octanol–water partition coefficient (Wildman–Crippen LogP) is 2.41. The first kappa shape index (κ1) is 17.4. The predicted molar refractivity (Wildman–Crippen MR) is 95.7 cm³/mol. The van der Waals surface area contributed by atoms with Crippen LogP contribution in [-0.4, -0.2) is 29.1 Å². The van der Waals surface area contributed by atoms with Gasteiger partial charge in [0.1, 0.15) is 5.60 Å². The van der Waals surface area contributed by atoms with E-state index in [-0.39, 0.29) is 0 Å². The summed E-state index contributed by atoms with van der Waals surface area (Å²) >= 11 is 1.58. The molecule has 0 aromatic carbocycles. The first-order valence-electron chi connectivity index (χ1n) is 7.71. The van der Waals surface area contributed by atoms with E-state index in [4.69, 9.17) is 0 Å². The van der Waals surface area contributed by atoms with Gasteiger partial charge in [-0.05, 0) is 55.3 Å². The fraction of sp³-hybridized carbons (Fsp3) is 0.412. The summed E-state index contributed by atoms with van der Waals surface area (Å²) in [5, 5.41) is 20.9. The number of thiophene rings is 1. The Morgan fingerprint density at radius 2 is 2.17 bits per heavy atom. The number of nitrogens with zero attached hydrogens (tertiary/aromatic N) is 2. The van der Waals surface area contributed by atoms with Crippen LogP contribution in [-0.2, 0) is 12.1 Å². The normalized spacial score (nSPS) is 14.3. The van der Waals surface area contributed by atoms with Crippen LogP contribution in [0.2, 0.25) is 0 Å². The number of aromatic nitrogens is 1. The molecule has 2 aromatic heterocycles. The largest absolute Gasteiger partial charge is 0.384 e. The number of aryl methyl sites for hydroxylation is 1. The minimum atomic E-state index is -0.933. The van der Waals surface area contributed by atoms with Gasteiger partial charge in [-0.2, -0.15) is 11.3 Å². The minimum Gasteiger partial charge on any atom is -0.384 e. The van der Waals surface area contributed by atoms with Crippen molar-refractivity contribution in [1.82, 2.24) is 15.6 Å². The SMILES string of the molecule is CCNC(=NCc1cccc(C)n1)NCC(C)(O)c1ccsc1. The fourth-order valence-corrected chi connectivity index (χ4v) is 2.90. The number of guanidine groups is 1. The molecule has 2 rings (SSSR count). The maximum atomic E-state index is 10.6. The Kier molecular flexibility index (Phi) is 6.12. The zero-order valence-corrected chi connectivity index (χ0v) is 14.7. The number of rotatable bonds is 6. The molecule has 0 spiro atoms. The lowest BCUT2D eigenvalue weighted by Gasteiger charge is -2.24. The molecule has 0 bridgehead atoms. The van der Waals surface area contributed by atoms with Crippen LogP contribution in [0, 0.1) is 6.92 Å². The van der Waals surface area contributed by atoms with E-state index in [0.29, 0.717) is 19.0 Å². The van der Waals surface area contributed by atoms with Crippen molar-refractivity contribution < 1.29 is 5.11 Å². The minimum absolute atomic E-state index is 0.386. The van der Waals surface area contributed by atoms with Crippen LogP contribution in [0.15, 0.2) is 40.0 Å². The van der Waals surface area contributed by atoms with Gasteiger partial charge >= 0.3 is 0 Å². The Morgan fingerprint density at radius 1 is 1.35 bits per heavy atom. The van der Waals surface area contributed by atoms with Crippen molar-refractivity contribution in [2.75, 3.05) is 13.1 Å². The van der Waals surface area contributed by atoms with Gasteiger partial charge in [0.2, 0.25) is 0 Å². The molecule has 0 aliphatic carbocycles. The van der Waals surface area contributed by atoms with Crippen LogP contribution in [0.4, 0.5) is 0 Å². The fourth-order valence-electron chi connectivity index (χ4n) is 2.12. The first-order valence-corrected chi connectivity index (χ1v) is 8.65. The first-order chi connectivity index (χ1) is 11.0. The van der Waals surface area contributed by atoms with E-state index < -0.39 is 5.60 Å². The highest BCUT2D eigenvalue weighted by molar-refractivity contribution is 7.08. The summed E-state index contributed by atoms with van der Waals surface area (Å²) in [6, 6.07) is 7.85. The van der Waals surface area contributed by atoms with E-state index in [0.717, 1.165) is 23.5 Å². The Bertz CT molecular complexity index is 638. The highest BCUT2D eigenvalue weighted by Crippen LogP contribution is 2.21. The maximum Gasteiger partial charge on any atom is 0.191 e. The van der Waals surface area contributed by atoms with Gasteiger partial charge in [-0.1, -0.05) is 6.07 Å². The third-order valence-electron chi connectivity index (χ3n) is 3.43. The van der Waals surface area contributed by atoms with Crippen molar-refractivity contribution in [2.24, 2.45) is 4.99 Å². The topological polar surface area (TPSA) is 69.5 Å². The summed E-state index contributed by atoms with van der Waals surface area (Å²) in [4.78, 5) is 8.98. The Labute approximate surface area is 141 Å². The van der Waals surface area contributed by atoms with Crippen LogP contribution in [0.5, 0.6) is 0 Å². The Balaban J connectivity index is 1.99. The molecule has 1 atom stereocenters. The molecule has 1 unspecified atom stereocenters. The Hall–Kier alpha value is -1.92. The summed E-state index contributed by atoms with van der Waals surface area (Å²) in [6.45, 7) is 7.42. The van der Waals surface area contributed by atoms with Gasteiger partial charge in [0.25, 0.3) is 0 Å². The monoisotopic (exact) mass is 332 g/mol.